The molecule has 0 saturated heterocycles. The molecule has 96 valence electrons. The number of nitrogens with two attached hydrogens (primary N) is 1. The van der Waals surface area contributed by atoms with Crippen LogP contribution in [0.2, 0.25) is 0 Å². The second kappa shape index (κ2) is 5.28. The van der Waals surface area contributed by atoms with Crippen LogP contribution in [0.5, 0.6) is 0 Å². The molecule has 1 aromatic heterocycles. The van der Waals surface area contributed by atoms with Crippen molar-refractivity contribution in [2.45, 2.75) is 12.5 Å². The van der Waals surface area contributed by atoms with Gasteiger partial charge in [-0.25, -0.2) is 8.42 Å². The van der Waals surface area contributed by atoms with Gasteiger partial charge in [-0.1, -0.05) is 0 Å². The Labute approximate surface area is 99.9 Å². The Morgan fingerprint density at radius 2 is 2.29 bits per heavy atom. The molecule has 0 radical (unpaired) electrons. The molecule has 0 bridgehead atoms. The molecule has 0 aliphatic carbocycles. The maximum Gasteiger partial charge on any atom is 0.242 e. The maximum atomic E-state index is 11.6. The summed E-state index contributed by atoms with van der Waals surface area (Å²) >= 11 is 0. The van der Waals surface area contributed by atoms with Crippen LogP contribution in [-0.2, 0) is 21.7 Å². The van der Waals surface area contributed by atoms with Crippen molar-refractivity contribution < 1.29 is 13.2 Å². The van der Waals surface area contributed by atoms with Crippen LogP contribution < -0.4 is 11.1 Å². The molecule has 8 heteroatoms. The standard InChI is InChI=1S/C9H16N4O3S/c1-13-5-3-8(12-13)11-9(14)7(10)4-6-17(2,15)16/h3,5,7H,4,6,10H2,1-2H3,(H,11,12,14). The van der Waals surface area contributed by atoms with Crippen molar-refractivity contribution in [2.24, 2.45) is 12.8 Å². The summed E-state index contributed by atoms with van der Waals surface area (Å²) in [5.74, 6) is -0.149. The number of aromatic nitrogens is 2. The van der Waals surface area contributed by atoms with Gasteiger partial charge in [0.1, 0.15) is 9.84 Å². The second-order valence-corrected chi connectivity index (χ2v) is 6.15. The number of anilines is 1. The highest BCUT2D eigenvalue weighted by molar-refractivity contribution is 7.90. The zero-order valence-corrected chi connectivity index (χ0v) is 10.6. The Kier molecular flexibility index (Phi) is 4.24. The summed E-state index contributed by atoms with van der Waals surface area (Å²) < 4.78 is 23.4. The number of hydrogen-bond acceptors (Lipinski definition) is 5. The van der Waals surface area contributed by atoms with Crippen molar-refractivity contribution >= 4 is 21.6 Å². The van der Waals surface area contributed by atoms with Crippen molar-refractivity contribution in [3.8, 4) is 0 Å². The van der Waals surface area contributed by atoms with Crippen LogP contribution in [-0.4, -0.2) is 42.2 Å². The number of carbonyl (C=O) groups excluding carboxylic acids is 1. The summed E-state index contributed by atoms with van der Waals surface area (Å²) in [5, 5.41) is 6.46. The smallest absolute Gasteiger partial charge is 0.242 e. The van der Waals surface area contributed by atoms with E-state index in [1.165, 1.54) is 4.68 Å². The third-order valence-corrected chi connectivity index (χ3v) is 3.08. The van der Waals surface area contributed by atoms with E-state index in [2.05, 4.69) is 10.4 Å². The highest BCUT2D eigenvalue weighted by Crippen LogP contribution is 2.03. The number of hydrogen-bond donors (Lipinski definition) is 2. The van der Waals surface area contributed by atoms with E-state index in [0.717, 1.165) is 6.26 Å². The molecular weight excluding hydrogens is 244 g/mol. The first-order valence-corrected chi connectivity index (χ1v) is 7.08. The van der Waals surface area contributed by atoms with E-state index in [-0.39, 0.29) is 12.2 Å². The van der Waals surface area contributed by atoms with Crippen LogP contribution in [0.4, 0.5) is 5.82 Å². The van der Waals surface area contributed by atoms with Crippen molar-refractivity contribution in [3.63, 3.8) is 0 Å². The van der Waals surface area contributed by atoms with Gasteiger partial charge in [-0.05, 0) is 6.42 Å². The van der Waals surface area contributed by atoms with Crippen molar-refractivity contribution in [2.75, 3.05) is 17.3 Å². The molecule has 1 heterocycles. The van der Waals surface area contributed by atoms with Gasteiger partial charge in [0.2, 0.25) is 5.91 Å². The van der Waals surface area contributed by atoms with Crippen LogP contribution in [0, 0.1) is 0 Å². The van der Waals surface area contributed by atoms with Crippen LogP contribution in [0.3, 0.4) is 0 Å². The Balaban J connectivity index is 2.47. The molecule has 0 aromatic carbocycles. The van der Waals surface area contributed by atoms with E-state index >= 15 is 0 Å². The summed E-state index contributed by atoms with van der Waals surface area (Å²) in [5.41, 5.74) is 5.57. The fourth-order valence-electron chi connectivity index (χ4n) is 1.17. The third-order valence-electron chi connectivity index (χ3n) is 2.10. The average molecular weight is 260 g/mol. The van der Waals surface area contributed by atoms with Crippen LogP contribution >= 0.6 is 0 Å². The van der Waals surface area contributed by atoms with Gasteiger partial charge in [0.15, 0.2) is 5.82 Å². The fraction of sp³-hybridized carbons (Fsp3) is 0.556. The summed E-state index contributed by atoms with van der Waals surface area (Å²) in [6, 6.07) is 0.771. The molecule has 0 saturated carbocycles. The van der Waals surface area contributed by atoms with Gasteiger partial charge in [-0.2, -0.15) is 5.10 Å². The lowest BCUT2D eigenvalue weighted by atomic mass is 10.2. The minimum atomic E-state index is -3.10. The predicted molar refractivity (Wildman–Crippen MR) is 64.1 cm³/mol. The van der Waals surface area contributed by atoms with Gasteiger partial charge >= 0.3 is 0 Å². The van der Waals surface area contributed by atoms with E-state index in [1.54, 1.807) is 19.3 Å². The zero-order valence-electron chi connectivity index (χ0n) is 9.75. The molecule has 1 unspecified atom stereocenters. The lowest BCUT2D eigenvalue weighted by Gasteiger charge is -2.09. The van der Waals surface area contributed by atoms with Crippen LogP contribution in [0.25, 0.3) is 0 Å². The number of nitrogens with one attached hydrogen (secondary N) is 1. The van der Waals surface area contributed by atoms with Gasteiger partial charge in [0, 0.05) is 25.6 Å². The minimum Gasteiger partial charge on any atom is -0.320 e. The maximum absolute atomic E-state index is 11.6. The average Bonchev–Trinajstić information content (AvgIpc) is 2.59. The molecule has 0 aliphatic rings. The molecule has 7 nitrogen and oxygen atoms in total. The topological polar surface area (TPSA) is 107 Å². The normalized spacial score (nSPS) is 13.4. The molecule has 17 heavy (non-hydrogen) atoms. The van der Waals surface area contributed by atoms with E-state index in [9.17, 15) is 13.2 Å². The summed E-state index contributed by atoms with van der Waals surface area (Å²) in [6.45, 7) is 0. The Bertz CT molecular complexity index is 494. The summed E-state index contributed by atoms with van der Waals surface area (Å²) in [7, 11) is -1.38. The Morgan fingerprint density at radius 3 is 2.76 bits per heavy atom. The highest BCUT2D eigenvalue weighted by atomic mass is 32.2. The highest BCUT2D eigenvalue weighted by Gasteiger charge is 2.16. The molecule has 3 N–H and O–H groups in total. The zero-order chi connectivity index (χ0) is 13.1. The first-order valence-electron chi connectivity index (χ1n) is 5.02. The number of nitrogens with zero attached hydrogens (tertiary/aromatic N) is 2. The molecule has 0 spiro atoms. The lowest BCUT2D eigenvalue weighted by molar-refractivity contribution is -0.117. The quantitative estimate of drug-likeness (QED) is 0.715. The van der Waals surface area contributed by atoms with E-state index in [4.69, 9.17) is 5.73 Å². The van der Waals surface area contributed by atoms with Gasteiger partial charge in [0.05, 0.1) is 11.8 Å². The Hall–Kier alpha value is -1.41. The molecule has 1 amide bonds. The lowest BCUT2D eigenvalue weighted by Crippen LogP contribution is -2.37. The molecule has 0 aliphatic heterocycles. The van der Waals surface area contributed by atoms with Gasteiger partial charge in [-0.3, -0.25) is 9.48 Å². The fourth-order valence-corrected chi connectivity index (χ4v) is 1.85. The van der Waals surface area contributed by atoms with Gasteiger partial charge < -0.3 is 11.1 Å². The SMILES string of the molecule is Cn1ccc(NC(=O)C(N)CCS(C)(=O)=O)n1. The first kappa shape index (κ1) is 13.7. The molecule has 0 fully saturated rings. The largest absolute Gasteiger partial charge is 0.320 e. The minimum absolute atomic E-state index is 0.0947. The third kappa shape index (κ3) is 4.96. The van der Waals surface area contributed by atoms with Crippen LogP contribution in [0.15, 0.2) is 12.3 Å². The number of carbonyl (C=O) groups is 1. The number of rotatable bonds is 5. The number of aryl methyl sites for hydroxylation is 1. The number of sulfone groups is 1. The van der Waals surface area contributed by atoms with Crippen molar-refractivity contribution in [3.05, 3.63) is 12.3 Å². The van der Waals surface area contributed by atoms with E-state index in [1.807, 2.05) is 0 Å². The Morgan fingerprint density at radius 1 is 1.65 bits per heavy atom. The second-order valence-electron chi connectivity index (χ2n) is 3.89. The number of amides is 1. The molecule has 1 rings (SSSR count). The molecular formula is C9H16N4O3S. The van der Waals surface area contributed by atoms with Crippen molar-refractivity contribution in [1.29, 1.82) is 0 Å². The first-order chi connectivity index (χ1) is 7.78. The van der Waals surface area contributed by atoms with Gasteiger partial charge in [-0.15, -0.1) is 0 Å². The van der Waals surface area contributed by atoms with Crippen LogP contribution in [0.1, 0.15) is 6.42 Å². The molecule has 1 aromatic rings. The van der Waals surface area contributed by atoms with E-state index in [0.29, 0.717) is 5.82 Å². The summed E-state index contributed by atoms with van der Waals surface area (Å²) in [6.07, 6.45) is 2.88. The van der Waals surface area contributed by atoms with Crippen molar-refractivity contribution in [1.82, 2.24) is 9.78 Å². The summed E-state index contributed by atoms with van der Waals surface area (Å²) in [4.78, 5) is 11.6. The monoisotopic (exact) mass is 260 g/mol. The molecule has 1 atom stereocenters. The predicted octanol–water partition coefficient (Wildman–Crippen LogP) is -0.879. The van der Waals surface area contributed by atoms with E-state index < -0.39 is 21.8 Å². The van der Waals surface area contributed by atoms with Gasteiger partial charge in [0.25, 0.3) is 0 Å².